The van der Waals surface area contributed by atoms with Gasteiger partial charge < -0.3 is 5.11 Å². The topological polar surface area (TPSA) is 20.2 Å². The van der Waals surface area contributed by atoms with Gasteiger partial charge in [0.25, 0.3) is 0 Å². The van der Waals surface area contributed by atoms with Gasteiger partial charge in [-0.05, 0) is 50.7 Å². The van der Waals surface area contributed by atoms with E-state index in [-0.39, 0.29) is 6.10 Å². The summed E-state index contributed by atoms with van der Waals surface area (Å²) in [7, 11) is 0. The highest BCUT2D eigenvalue weighted by atomic mass is 32.1. The molecule has 1 N–H and O–H groups in total. The highest BCUT2D eigenvalue weighted by Gasteiger charge is 2.26. The average Bonchev–Trinajstić information content (AvgIpc) is 2.62. The number of aliphatic hydroxyl groups excluding tert-OH is 1. The van der Waals surface area contributed by atoms with Crippen LogP contribution < -0.4 is 0 Å². The number of aryl methyl sites for hydroxylation is 1. The quantitative estimate of drug-likeness (QED) is 0.767. The largest absolute Gasteiger partial charge is 0.387 e. The van der Waals surface area contributed by atoms with Crippen LogP contribution in [0.4, 0.5) is 0 Å². The summed E-state index contributed by atoms with van der Waals surface area (Å²) in [5, 5.41) is 10.4. The minimum atomic E-state index is -0.273. The summed E-state index contributed by atoms with van der Waals surface area (Å²) in [5.74, 6) is 1.01. The van der Waals surface area contributed by atoms with Crippen LogP contribution in [0.3, 0.4) is 0 Å². The molecule has 0 saturated carbocycles. The van der Waals surface area contributed by atoms with E-state index in [1.807, 2.05) is 0 Å². The molecule has 1 heterocycles. The smallest absolute Gasteiger partial charge is 0.0913 e. The zero-order chi connectivity index (χ0) is 11.7. The maximum Gasteiger partial charge on any atom is 0.0913 e. The number of aliphatic hydroxyl groups is 1. The van der Waals surface area contributed by atoms with Gasteiger partial charge in [0, 0.05) is 9.75 Å². The van der Waals surface area contributed by atoms with E-state index in [4.69, 9.17) is 0 Å². The molecule has 1 aliphatic carbocycles. The lowest BCUT2D eigenvalue weighted by molar-refractivity contribution is 0.0964. The van der Waals surface area contributed by atoms with E-state index < -0.39 is 0 Å². The second-order valence-corrected chi connectivity index (χ2v) is 6.40. The third-order valence-electron chi connectivity index (χ3n) is 3.33. The zero-order valence-corrected chi connectivity index (χ0v) is 11.1. The fraction of sp³-hybridized carbons (Fsp3) is 0.571. The molecule has 2 rings (SSSR count). The van der Waals surface area contributed by atoms with Crippen LogP contribution in [-0.4, -0.2) is 5.11 Å². The van der Waals surface area contributed by atoms with E-state index in [2.05, 4.69) is 39.0 Å². The van der Waals surface area contributed by atoms with Crippen molar-refractivity contribution in [3.05, 3.63) is 33.5 Å². The second-order valence-electron chi connectivity index (χ2n) is 5.08. The lowest BCUT2D eigenvalue weighted by atomic mass is 9.80. The summed E-state index contributed by atoms with van der Waals surface area (Å²) in [5.41, 5.74) is 1.43. The molecule has 88 valence electrons. The Morgan fingerprint density at radius 1 is 1.38 bits per heavy atom. The van der Waals surface area contributed by atoms with Crippen molar-refractivity contribution in [2.45, 2.75) is 39.7 Å². The molecule has 0 bridgehead atoms. The van der Waals surface area contributed by atoms with Crippen LogP contribution in [0.2, 0.25) is 0 Å². The molecule has 0 aliphatic heterocycles. The van der Waals surface area contributed by atoms with Crippen molar-refractivity contribution in [3.8, 4) is 0 Å². The van der Waals surface area contributed by atoms with Gasteiger partial charge in [0.15, 0.2) is 0 Å². The van der Waals surface area contributed by atoms with Crippen LogP contribution in [0.25, 0.3) is 0 Å². The Hall–Kier alpha value is -0.600. The van der Waals surface area contributed by atoms with Gasteiger partial charge in [0.2, 0.25) is 0 Å². The Kier molecular flexibility index (Phi) is 3.50. The molecule has 0 spiro atoms. The lowest BCUT2D eigenvalue weighted by Gasteiger charge is -2.28. The predicted octanol–water partition coefficient (Wildman–Crippen LogP) is 4.08. The van der Waals surface area contributed by atoms with Crippen molar-refractivity contribution in [3.63, 3.8) is 0 Å². The van der Waals surface area contributed by atoms with Gasteiger partial charge in [-0.1, -0.05) is 18.6 Å². The molecule has 1 nitrogen and oxygen atoms in total. The van der Waals surface area contributed by atoms with Crippen LogP contribution in [0.5, 0.6) is 0 Å². The fourth-order valence-corrected chi connectivity index (χ4v) is 3.64. The number of thiophene rings is 1. The molecule has 1 aromatic rings. The van der Waals surface area contributed by atoms with Gasteiger partial charge >= 0.3 is 0 Å². The van der Waals surface area contributed by atoms with E-state index in [9.17, 15) is 5.11 Å². The minimum absolute atomic E-state index is 0.273. The summed E-state index contributed by atoms with van der Waals surface area (Å²) in [6, 6.07) is 4.17. The molecule has 0 amide bonds. The average molecular weight is 236 g/mol. The van der Waals surface area contributed by atoms with Gasteiger partial charge in [0.1, 0.15) is 0 Å². The Labute approximate surface area is 102 Å². The number of hydrogen-bond donors (Lipinski definition) is 1. The first-order chi connectivity index (χ1) is 7.56. The first-order valence-electron chi connectivity index (χ1n) is 5.98. The highest BCUT2D eigenvalue weighted by molar-refractivity contribution is 7.12. The minimum Gasteiger partial charge on any atom is -0.387 e. The van der Waals surface area contributed by atoms with Gasteiger partial charge in [-0.15, -0.1) is 11.3 Å². The Bertz CT molecular complexity index is 391. The van der Waals surface area contributed by atoms with Crippen molar-refractivity contribution in [1.29, 1.82) is 0 Å². The summed E-state index contributed by atoms with van der Waals surface area (Å²) in [6.07, 6.45) is 4.21. The molecule has 16 heavy (non-hydrogen) atoms. The molecule has 0 radical (unpaired) electrons. The summed E-state index contributed by atoms with van der Waals surface area (Å²) in [4.78, 5) is 2.41. The van der Waals surface area contributed by atoms with Gasteiger partial charge in [-0.3, -0.25) is 0 Å². The first-order valence-corrected chi connectivity index (χ1v) is 6.79. The van der Waals surface area contributed by atoms with Crippen LogP contribution in [0, 0.1) is 18.8 Å². The van der Waals surface area contributed by atoms with Crippen LogP contribution in [0.15, 0.2) is 23.8 Å². The van der Waals surface area contributed by atoms with E-state index in [1.165, 1.54) is 10.5 Å². The normalized spacial score (nSPS) is 27.6. The molecule has 1 aliphatic rings. The van der Waals surface area contributed by atoms with Crippen molar-refractivity contribution in [2.24, 2.45) is 11.8 Å². The van der Waals surface area contributed by atoms with Crippen molar-refractivity contribution < 1.29 is 5.11 Å². The third-order valence-corrected chi connectivity index (χ3v) is 4.40. The van der Waals surface area contributed by atoms with Crippen molar-refractivity contribution in [2.75, 3.05) is 0 Å². The predicted molar refractivity (Wildman–Crippen MR) is 69.7 cm³/mol. The molecule has 0 fully saturated rings. The van der Waals surface area contributed by atoms with Crippen molar-refractivity contribution in [1.82, 2.24) is 0 Å². The monoisotopic (exact) mass is 236 g/mol. The van der Waals surface area contributed by atoms with Gasteiger partial charge in [-0.2, -0.15) is 0 Å². The van der Waals surface area contributed by atoms with Crippen LogP contribution in [-0.2, 0) is 0 Å². The van der Waals surface area contributed by atoms with Crippen molar-refractivity contribution >= 4 is 11.3 Å². The SMILES string of the molecule is CC1=CC(C)CC(C(O)c2ccc(C)s2)C1. The maximum absolute atomic E-state index is 10.4. The Balaban J connectivity index is 2.11. The first kappa shape index (κ1) is 11.9. The summed E-state index contributed by atoms with van der Waals surface area (Å²) < 4.78 is 0. The van der Waals surface area contributed by atoms with Crippen LogP contribution in [0.1, 0.15) is 42.5 Å². The van der Waals surface area contributed by atoms with E-state index in [0.717, 1.165) is 17.7 Å². The summed E-state index contributed by atoms with van der Waals surface area (Å²) in [6.45, 7) is 6.51. The third kappa shape index (κ3) is 2.55. The number of rotatable bonds is 2. The highest BCUT2D eigenvalue weighted by Crippen LogP contribution is 2.38. The number of hydrogen-bond acceptors (Lipinski definition) is 2. The van der Waals surface area contributed by atoms with Gasteiger partial charge in [-0.25, -0.2) is 0 Å². The second kappa shape index (κ2) is 4.72. The molecule has 3 atom stereocenters. The van der Waals surface area contributed by atoms with Gasteiger partial charge in [0.05, 0.1) is 6.10 Å². The molecule has 0 aromatic carbocycles. The number of allylic oxidation sites excluding steroid dienone is 2. The fourth-order valence-electron chi connectivity index (χ4n) is 2.68. The maximum atomic E-state index is 10.4. The zero-order valence-electron chi connectivity index (χ0n) is 10.2. The molecule has 2 heteroatoms. The van der Waals surface area contributed by atoms with E-state index in [0.29, 0.717) is 11.8 Å². The molecule has 3 unspecified atom stereocenters. The molecule has 1 aromatic heterocycles. The van der Waals surface area contributed by atoms with E-state index in [1.54, 1.807) is 11.3 Å². The molecular formula is C14H20OS. The Morgan fingerprint density at radius 3 is 2.69 bits per heavy atom. The molecular weight excluding hydrogens is 216 g/mol. The molecule has 0 saturated heterocycles. The Morgan fingerprint density at radius 2 is 2.12 bits per heavy atom. The standard InChI is InChI=1S/C14H20OS/c1-9-6-10(2)8-12(7-9)14(15)13-5-4-11(3)16-13/h4-6,9,12,14-15H,7-8H2,1-3H3. The lowest BCUT2D eigenvalue weighted by Crippen LogP contribution is -2.18. The van der Waals surface area contributed by atoms with Crippen LogP contribution >= 0.6 is 11.3 Å². The van der Waals surface area contributed by atoms with E-state index >= 15 is 0 Å². The summed E-state index contributed by atoms with van der Waals surface area (Å²) >= 11 is 1.72.